The molecule has 74 valence electrons. The van der Waals surface area contributed by atoms with Crippen molar-refractivity contribution < 1.29 is 9.53 Å². The first-order valence-corrected chi connectivity index (χ1v) is 4.51. The Morgan fingerprint density at radius 1 is 1.64 bits per heavy atom. The summed E-state index contributed by atoms with van der Waals surface area (Å²) in [7, 11) is 0. The molecule has 1 aromatic heterocycles. The summed E-state index contributed by atoms with van der Waals surface area (Å²) in [4.78, 5) is 14.9. The number of hydrogen-bond acceptors (Lipinski definition) is 3. The van der Waals surface area contributed by atoms with Gasteiger partial charge in [0.2, 0.25) is 0 Å². The predicted molar refractivity (Wildman–Crippen MR) is 53.6 cm³/mol. The summed E-state index contributed by atoms with van der Waals surface area (Å²) >= 11 is 0. The Morgan fingerprint density at radius 2 is 2.29 bits per heavy atom. The molecule has 0 aromatic carbocycles. The van der Waals surface area contributed by atoms with E-state index in [9.17, 15) is 4.79 Å². The molecule has 0 spiro atoms. The van der Waals surface area contributed by atoms with E-state index in [1.54, 1.807) is 12.4 Å². The average Bonchev–Trinajstić information content (AvgIpc) is 2.26. The van der Waals surface area contributed by atoms with Crippen molar-refractivity contribution in [1.82, 2.24) is 4.98 Å². The second-order valence-electron chi connectivity index (χ2n) is 2.82. The van der Waals surface area contributed by atoms with Gasteiger partial charge < -0.3 is 4.74 Å². The molecule has 0 bridgehead atoms. The van der Waals surface area contributed by atoms with Crippen molar-refractivity contribution in [3.63, 3.8) is 0 Å². The number of nitrogens with zero attached hydrogens (tertiary/aromatic N) is 1. The van der Waals surface area contributed by atoms with Gasteiger partial charge in [0.05, 0.1) is 0 Å². The molecule has 1 aromatic rings. The lowest BCUT2D eigenvalue weighted by Gasteiger charge is -2.14. The molecule has 1 heterocycles. The fourth-order valence-corrected chi connectivity index (χ4v) is 1.15. The molecule has 0 aliphatic heterocycles. The third-order valence-electron chi connectivity index (χ3n) is 1.87. The zero-order valence-electron chi connectivity index (χ0n) is 8.14. The van der Waals surface area contributed by atoms with Gasteiger partial charge in [0.1, 0.15) is 6.10 Å². The number of rotatable bonds is 4. The number of carbonyl (C=O) groups excluding carboxylic acids is 1. The number of aromatic nitrogens is 1. The van der Waals surface area contributed by atoms with Crippen LogP contribution in [0.25, 0.3) is 0 Å². The fraction of sp³-hybridized carbons (Fsp3) is 0.273. The van der Waals surface area contributed by atoms with E-state index >= 15 is 0 Å². The Kier molecular flexibility index (Phi) is 3.85. The molecule has 0 aliphatic carbocycles. The standard InChI is InChI=1S/C11H13NO2/c1-3-10(14-11(13)4-2)9-5-7-12-8-6-9/h4-8,10H,2-3H2,1H3. The van der Waals surface area contributed by atoms with E-state index in [0.717, 1.165) is 12.0 Å². The van der Waals surface area contributed by atoms with Crippen LogP contribution in [0.3, 0.4) is 0 Å². The molecule has 3 nitrogen and oxygen atoms in total. The highest BCUT2D eigenvalue weighted by molar-refractivity contribution is 5.81. The summed E-state index contributed by atoms with van der Waals surface area (Å²) in [5.74, 6) is -0.395. The molecule has 0 aliphatic rings. The SMILES string of the molecule is C=CC(=O)OC(CC)c1ccncc1. The van der Waals surface area contributed by atoms with Crippen LogP contribution in [-0.4, -0.2) is 11.0 Å². The topological polar surface area (TPSA) is 39.2 Å². The van der Waals surface area contributed by atoms with Crippen LogP contribution in [0.5, 0.6) is 0 Å². The van der Waals surface area contributed by atoms with Gasteiger partial charge in [0.25, 0.3) is 0 Å². The Morgan fingerprint density at radius 3 is 2.79 bits per heavy atom. The summed E-state index contributed by atoms with van der Waals surface area (Å²) in [5, 5.41) is 0. The average molecular weight is 191 g/mol. The van der Waals surface area contributed by atoms with E-state index in [1.165, 1.54) is 6.08 Å². The van der Waals surface area contributed by atoms with Crippen molar-refractivity contribution >= 4 is 5.97 Å². The summed E-state index contributed by atoms with van der Waals surface area (Å²) < 4.78 is 5.15. The van der Waals surface area contributed by atoms with Crippen molar-refractivity contribution in [3.05, 3.63) is 42.7 Å². The molecule has 1 unspecified atom stereocenters. The first-order chi connectivity index (χ1) is 6.77. The molecule has 0 amide bonds. The third kappa shape index (κ3) is 2.69. The van der Waals surface area contributed by atoms with Gasteiger partial charge in [-0.25, -0.2) is 4.79 Å². The van der Waals surface area contributed by atoms with Crippen molar-refractivity contribution in [1.29, 1.82) is 0 Å². The van der Waals surface area contributed by atoms with Gasteiger partial charge in [0.15, 0.2) is 0 Å². The van der Waals surface area contributed by atoms with Gasteiger partial charge in [0, 0.05) is 18.5 Å². The monoisotopic (exact) mass is 191 g/mol. The Labute approximate surface area is 83.4 Å². The van der Waals surface area contributed by atoms with Crippen LogP contribution < -0.4 is 0 Å². The molecule has 1 atom stereocenters. The van der Waals surface area contributed by atoms with E-state index in [4.69, 9.17) is 4.74 Å². The maximum Gasteiger partial charge on any atom is 0.330 e. The van der Waals surface area contributed by atoms with Gasteiger partial charge in [-0.1, -0.05) is 13.5 Å². The van der Waals surface area contributed by atoms with Gasteiger partial charge in [-0.15, -0.1) is 0 Å². The van der Waals surface area contributed by atoms with E-state index in [-0.39, 0.29) is 6.10 Å². The van der Waals surface area contributed by atoms with Crippen molar-refractivity contribution in [2.75, 3.05) is 0 Å². The van der Waals surface area contributed by atoms with Crippen LogP contribution in [0.2, 0.25) is 0 Å². The van der Waals surface area contributed by atoms with Crippen LogP contribution in [-0.2, 0) is 9.53 Å². The molecule has 0 N–H and O–H groups in total. The number of pyridine rings is 1. The van der Waals surface area contributed by atoms with Crippen molar-refractivity contribution in [2.24, 2.45) is 0 Å². The quantitative estimate of drug-likeness (QED) is 0.541. The highest BCUT2D eigenvalue weighted by Crippen LogP contribution is 2.19. The van der Waals surface area contributed by atoms with Crippen LogP contribution in [0.1, 0.15) is 25.0 Å². The summed E-state index contributed by atoms with van der Waals surface area (Å²) in [6, 6.07) is 3.68. The minimum absolute atomic E-state index is 0.205. The second-order valence-corrected chi connectivity index (χ2v) is 2.82. The van der Waals surface area contributed by atoms with E-state index < -0.39 is 5.97 Å². The largest absolute Gasteiger partial charge is 0.454 e. The highest BCUT2D eigenvalue weighted by Gasteiger charge is 2.12. The molecule has 14 heavy (non-hydrogen) atoms. The molecular formula is C11H13NO2. The molecular weight excluding hydrogens is 178 g/mol. The molecule has 3 heteroatoms. The summed E-state index contributed by atoms with van der Waals surface area (Å²) in [6.45, 7) is 5.31. The highest BCUT2D eigenvalue weighted by atomic mass is 16.5. The Bertz CT molecular complexity index is 308. The van der Waals surface area contributed by atoms with E-state index in [1.807, 2.05) is 19.1 Å². The first kappa shape index (κ1) is 10.4. The number of ether oxygens (including phenoxy) is 1. The summed E-state index contributed by atoms with van der Waals surface area (Å²) in [6.07, 6.45) is 5.07. The van der Waals surface area contributed by atoms with Gasteiger partial charge >= 0.3 is 5.97 Å². The molecule has 1 rings (SSSR count). The van der Waals surface area contributed by atoms with Crippen LogP contribution in [0, 0.1) is 0 Å². The normalized spacial score (nSPS) is 11.8. The third-order valence-corrected chi connectivity index (χ3v) is 1.87. The van der Waals surface area contributed by atoms with Crippen LogP contribution >= 0.6 is 0 Å². The van der Waals surface area contributed by atoms with Crippen molar-refractivity contribution in [3.8, 4) is 0 Å². The predicted octanol–water partition coefficient (Wildman–Crippen LogP) is 2.26. The Balaban J connectivity index is 2.72. The minimum Gasteiger partial charge on any atom is -0.454 e. The number of carbonyl (C=O) groups is 1. The minimum atomic E-state index is -0.395. The van der Waals surface area contributed by atoms with Gasteiger partial charge in [-0.2, -0.15) is 0 Å². The van der Waals surface area contributed by atoms with Gasteiger partial charge in [-0.3, -0.25) is 4.98 Å². The number of hydrogen-bond donors (Lipinski definition) is 0. The van der Waals surface area contributed by atoms with E-state index in [2.05, 4.69) is 11.6 Å². The smallest absolute Gasteiger partial charge is 0.330 e. The first-order valence-electron chi connectivity index (χ1n) is 4.51. The molecule has 0 fully saturated rings. The Hall–Kier alpha value is -1.64. The van der Waals surface area contributed by atoms with E-state index in [0.29, 0.717) is 0 Å². The lowest BCUT2D eigenvalue weighted by atomic mass is 10.1. The molecule has 0 radical (unpaired) electrons. The van der Waals surface area contributed by atoms with Crippen LogP contribution in [0.4, 0.5) is 0 Å². The van der Waals surface area contributed by atoms with Crippen molar-refractivity contribution in [2.45, 2.75) is 19.4 Å². The molecule has 0 saturated heterocycles. The maximum atomic E-state index is 11.0. The fourth-order valence-electron chi connectivity index (χ4n) is 1.15. The zero-order valence-corrected chi connectivity index (χ0v) is 8.14. The lowest BCUT2D eigenvalue weighted by Crippen LogP contribution is -2.08. The summed E-state index contributed by atoms with van der Waals surface area (Å²) in [5.41, 5.74) is 0.956. The number of esters is 1. The maximum absolute atomic E-state index is 11.0. The molecule has 0 saturated carbocycles. The van der Waals surface area contributed by atoms with Crippen LogP contribution in [0.15, 0.2) is 37.2 Å². The lowest BCUT2D eigenvalue weighted by molar-refractivity contribution is -0.143. The second kappa shape index (κ2) is 5.17. The van der Waals surface area contributed by atoms with Gasteiger partial charge in [-0.05, 0) is 24.1 Å². The zero-order chi connectivity index (χ0) is 10.4.